The summed E-state index contributed by atoms with van der Waals surface area (Å²) in [7, 11) is 2.58. The zero-order chi connectivity index (χ0) is 6.24. The molecule has 0 nitrogen and oxygen atoms in total. The van der Waals surface area contributed by atoms with Crippen molar-refractivity contribution in [2.45, 2.75) is 13.3 Å². The molecule has 1 aliphatic carbocycles. The molecule has 9 heavy (non-hydrogen) atoms. The van der Waals surface area contributed by atoms with Crippen LogP contribution in [0.15, 0.2) is 18.2 Å². The summed E-state index contributed by atoms with van der Waals surface area (Å²) in [6.07, 6.45) is 11.2. The monoisotopic (exact) mass is 190 g/mol. The van der Waals surface area contributed by atoms with Gasteiger partial charge in [-0.1, -0.05) is 6.92 Å². The third-order valence-electron chi connectivity index (χ3n) is 0.586. The maximum Gasteiger partial charge on any atom is 1.00 e. The summed E-state index contributed by atoms with van der Waals surface area (Å²) in [4.78, 5) is 0. The van der Waals surface area contributed by atoms with E-state index in [0.29, 0.717) is 0 Å². The van der Waals surface area contributed by atoms with Crippen LogP contribution < -0.4 is 0 Å². The van der Waals surface area contributed by atoms with Gasteiger partial charge in [0.2, 0.25) is 0 Å². The molecule has 1 atom stereocenters. The fourth-order valence-electron chi connectivity index (χ4n) is 0.340. The largest absolute Gasteiger partial charge is 1.00 e. The van der Waals surface area contributed by atoms with Crippen molar-refractivity contribution < 1.29 is 17.1 Å². The Bertz CT molecular complexity index is 76.9. The Morgan fingerprint density at radius 3 is 2.33 bits per heavy atom. The average Bonchev–Trinajstić information content (AvgIpc) is 2.17. The van der Waals surface area contributed by atoms with E-state index in [1.807, 2.05) is 12.2 Å². The van der Waals surface area contributed by atoms with Crippen molar-refractivity contribution in [1.82, 2.24) is 0 Å². The minimum atomic E-state index is 0. The number of rotatable bonds is 0. The molecule has 0 fully saturated rings. The molecule has 0 radical (unpaired) electrons. The van der Waals surface area contributed by atoms with Gasteiger partial charge in [-0.15, -0.1) is 15.7 Å². The minimum absolute atomic E-state index is 0. The molecule has 0 N–H and O–H groups in total. The van der Waals surface area contributed by atoms with Crippen LogP contribution in [0.2, 0.25) is 0 Å². The minimum Gasteiger partial charge on any atom is -0.273 e. The van der Waals surface area contributed by atoms with E-state index >= 15 is 0 Å². The van der Waals surface area contributed by atoms with Crippen molar-refractivity contribution >= 4 is 9.24 Å². The predicted molar refractivity (Wildman–Crippen MR) is 41.8 cm³/mol. The van der Waals surface area contributed by atoms with Crippen LogP contribution in [0.3, 0.4) is 0 Å². The zero-order valence-electron chi connectivity index (χ0n) is 5.53. The van der Waals surface area contributed by atoms with Gasteiger partial charge in [0.25, 0.3) is 0 Å². The summed E-state index contributed by atoms with van der Waals surface area (Å²) in [5.74, 6) is 0. The average molecular weight is 191 g/mol. The number of allylic oxidation sites excluding steroid dienone is 4. The second kappa shape index (κ2) is 11.3. The topological polar surface area (TPSA) is 0 Å². The fraction of sp³-hybridized carbons (Fsp3) is 0.429. The second-order valence-corrected chi connectivity index (χ2v) is 2.23. The molecule has 0 aliphatic heterocycles. The first-order valence-corrected chi connectivity index (χ1v) is 3.65. The van der Waals surface area contributed by atoms with Crippen molar-refractivity contribution in [3.05, 3.63) is 24.3 Å². The van der Waals surface area contributed by atoms with Crippen molar-refractivity contribution in [2.24, 2.45) is 0 Å². The molecule has 1 rings (SSSR count). The Hall–Kier alpha value is 0.429. The molecule has 0 heterocycles. The van der Waals surface area contributed by atoms with Gasteiger partial charge in [0.1, 0.15) is 0 Å². The van der Waals surface area contributed by atoms with Crippen LogP contribution in [0.1, 0.15) is 13.3 Å². The molecule has 0 spiro atoms. The Balaban J connectivity index is 0. The van der Waals surface area contributed by atoms with E-state index in [1.54, 1.807) is 0 Å². The van der Waals surface area contributed by atoms with Gasteiger partial charge in [-0.05, 0) is 6.16 Å². The zero-order valence-corrected chi connectivity index (χ0v) is 7.62. The van der Waals surface area contributed by atoms with E-state index in [1.165, 1.54) is 6.16 Å². The summed E-state index contributed by atoms with van der Waals surface area (Å²) < 4.78 is 0. The van der Waals surface area contributed by atoms with Crippen molar-refractivity contribution in [3.63, 3.8) is 0 Å². The van der Waals surface area contributed by atoms with Crippen LogP contribution >= 0.6 is 9.24 Å². The number of hydrogen-bond donors (Lipinski definition) is 0. The van der Waals surface area contributed by atoms with E-state index < -0.39 is 0 Å². The maximum atomic E-state index is 2.99. The quantitative estimate of drug-likeness (QED) is 0.312. The summed E-state index contributed by atoms with van der Waals surface area (Å²) in [6.45, 7) is 2.09. The summed E-state index contributed by atoms with van der Waals surface area (Å²) in [5, 5.41) is 0. The van der Waals surface area contributed by atoms with Gasteiger partial charge in [-0.25, -0.2) is 12.2 Å². The van der Waals surface area contributed by atoms with Crippen LogP contribution in [0, 0.1) is 6.08 Å². The van der Waals surface area contributed by atoms with Crippen molar-refractivity contribution in [1.29, 1.82) is 0 Å². The molecular formula is C7H12CuP. The van der Waals surface area contributed by atoms with Gasteiger partial charge in [-0.3, -0.25) is 6.08 Å². The van der Waals surface area contributed by atoms with Gasteiger partial charge in [0.15, 0.2) is 0 Å². The fourth-order valence-corrected chi connectivity index (χ4v) is 0.340. The van der Waals surface area contributed by atoms with Gasteiger partial charge < -0.3 is 0 Å². The Kier molecular flexibility index (Phi) is 15.2. The predicted octanol–water partition coefficient (Wildman–Crippen LogP) is 2.18. The molecule has 0 aromatic heterocycles. The summed E-state index contributed by atoms with van der Waals surface area (Å²) in [5.41, 5.74) is 0. The number of hydrogen-bond acceptors (Lipinski definition) is 0. The molecule has 2 heteroatoms. The van der Waals surface area contributed by atoms with E-state index in [2.05, 4.69) is 28.3 Å². The van der Waals surface area contributed by atoms with Gasteiger partial charge >= 0.3 is 17.1 Å². The Labute approximate surface area is 70.5 Å². The molecular weight excluding hydrogens is 179 g/mol. The SMILES string of the molecule is CCP.[C-]1=CC=CC1.[Cu+]. The molecule has 0 aromatic rings. The van der Waals surface area contributed by atoms with Crippen molar-refractivity contribution in [2.75, 3.05) is 6.16 Å². The van der Waals surface area contributed by atoms with E-state index in [0.717, 1.165) is 6.42 Å². The van der Waals surface area contributed by atoms with Gasteiger partial charge in [0.05, 0.1) is 0 Å². The summed E-state index contributed by atoms with van der Waals surface area (Å²) >= 11 is 0. The third kappa shape index (κ3) is 11.8. The smallest absolute Gasteiger partial charge is 0.273 e. The van der Waals surface area contributed by atoms with Crippen LogP contribution in [0.5, 0.6) is 0 Å². The Morgan fingerprint density at radius 2 is 2.22 bits per heavy atom. The van der Waals surface area contributed by atoms with E-state index in [9.17, 15) is 0 Å². The summed E-state index contributed by atoms with van der Waals surface area (Å²) in [6, 6.07) is 0. The molecule has 1 unspecified atom stereocenters. The molecule has 0 saturated heterocycles. The van der Waals surface area contributed by atoms with Crippen molar-refractivity contribution in [3.8, 4) is 0 Å². The van der Waals surface area contributed by atoms with E-state index in [4.69, 9.17) is 0 Å². The molecule has 0 saturated carbocycles. The van der Waals surface area contributed by atoms with Crippen LogP contribution in [0.25, 0.3) is 0 Å². The molecule has 0 amide bonds. The molecule has 56 valence electrons. The second-order valence-electron chi connectivity index (χ2n) is 1.41. The molecule has 0 bridgehead atoms. The first kappa shape index (κ1) is 12.1. The standard InChI is InChI=1S/C5H5.C2H7P.Cu/c1-2-4-5-3-1;1-2-3;/h1-3H,4H2;2-3H2,1H3;/q-1;;+1. The third-order valence-corrected chi connectivity index (χ3v) is 0.586. The van der Waals surface area contributed by atoms with Crippen LogP contribution in [-0.4, -0.2) is 6.16 Å². The molecule has 0 aromatic carbocycles. The normalized spacial score (nSPS) is 11.8. The van der Waals surface area contributed by atoms with Gasteiger partial charge in [-0.2, -0.15) is 6.08 Å². The van der Waals surface area contributed by atoms with Crippen LogP contribution in [-0.2, 0) is 17.1 Å². The Morgan fingerprint density at radius 1 is 1.67 bits per heavy atom. The first-order chi connectivity index (χ1) is 3.91. The van der Waals surface area contributed by atoms with Gasteiger partial charge in [0, 0.05) is 0 Å². The van der Waals surface area contributed by atoms with E-state index in [-0.39, 0.29) is 17.1 Å². The van der Waals surface area contributed by atoms with Crippen LogP contribution in [0.4, 0.5) is 0 Å². The first-order valence-electron chi connectivity index (χ1n) is 2.83. The maximum absolute atomic E-state index is 2.99. The molecule has 1 aliphatic rings.